The van der Waals surface area contributed by atoms with Crippen molar-refractivity contribution in [3.05, 3.63) is 77.6 Å². The lowest BCUT2D eigenvalue weighted by Gasteiger charge is -2.11. The molecule has 7 heteroatoms. The van der Waals surface area contributed by atoms with Crippen LogP contribution in [0.25, 0.3) is 11.1 Å². The van der Waals surface area contributed by atoms with Crippen LogP contribution >= 0.6 is 0 Å². The molecule has 246 valence electrons. The molecule has 0 aromatic heterocycles. The van der Waals surface area contributed by atoms with E-state index < -0.39 is 29.2 Å². The summed E-state index contributed by atoms with van der Waals surface area (Å²) in [6.45, 7) is 5.15. The van der Waals surface area contributed by atoms with Gasteiger partial charge >= 0.3 is 5.97 Å². The van der Waals surface area contributed by atoms with Crippen molar-refractivity contribution in [1.82, 2.24) is 0 Å². The van der Waals surface area contributed by atoms with Gasteiger partial charge in [-0.25, -0.2) is 9.18 Å². The molecule has 0 amide bonds. The molecule has 0 fully saturated rings. The summed E-state index contributed by atoms with van der Waals surface area (Å²) >= 11 is 0. The predicted octanol–water partition coefficient (Wildman–Crippen LogP) is 11.6. The molecule has 0 N–H and O–H groups in total. The Morgan fingerprint density at radius 2 is 0.978 bits per heavy atom. The molecule has 0 atom stereocenters. The Labute approximate surface area is 267 Å². The van der Waals surface area contributed by atoms with E-state index in [1.165, 1.54) is 94.5 Å². The number of carbonyl (C=O) groups excluding carboxylic acids is 1. The molecule has 0 saturated heterocycles. The Balaban J connectivity index is 1.45. The number of esters is 1. The van der Waals surface area contributed by atoms with Gasteiger partial charge in [-0.1, -0.05) is 116 Å². The van der Waals surface area contributed by atoms with Crippen LogP contribution in [0.5, 0.6) is 17.2 Å². The number of benzene rings is 3. The van der Waals surface area contributed by atoms with Crippen LogP contribution in [-0.2, 0) is 0 Å². The van der Waals surface area contributed by atoms with Crippen LogP contribution in [-0.4, -0.2) is 19.2 Å². The molecular weight excluding hydrogens is 577 g/mol. The number of hydrogen-bond donors (Lipinski definition) is 0. The van der Waals surface area contributed by atoms with Crippen molar-refractivity contribution in [2.45, 2.75) is 110 Å². The highest BCUT2D eigenvalue weighted by molar-refractivity contribution is 5.91. The first-order valence-corrected chi connectivity index (χ1v) is 16.8. The third-order valence-electron chi connectivity index (χ3n) is 7.86. The Morgan fingerprint density at radius 1 is 0.533 bits per heavy atom. The standard InChI is InChI=1S/C38H49F3O4/c1-3-5-7-9-11-13-15-17-27-44-34-24-25-35(37(41)36(34)40)45-38(42)30-20-18-29(19-21-30)31-22-23-33(32(39)28-31)43-26-16-14-12-10-8-6-4-2/h18-25,28H,3-17,26-27H2,1-2H3. The lowest BCUT2D eigenvalue weighted by Crippen LogP contribution is -2.10. The summed E-state index contributed by atoms with van der Waals surface area (Å²) < 4.78 is 60.2. The van der Waals surface area contributed by atoms with Crippen molar-refractivity contribution in [2.75, 3.05) is 13.2 Å². The third-order valence-corrected chi connectivity index (χ3v) is 7.86. The molecule has 45 heavy (non-hydrogen) atoms. The van der Waals surface area contributed by atoms with Crippen molar-refractivity contribution in [3.8, 4) is 28.4 Å². The van der Waals surface area contributed by atoms with Crippen molar-refractivity contribution in [3.63, 3.8) is 0 Å². The molecule has 0 radical (unpaired) electrons. The van der Waals surface area contributed by atoms with Crippen LogP contribution < -0.4 is 14.2 Å². The van der Waals surface area contributed by atoms with Gasteiger partial charge in [0.25, 0.3) is 0 Å². The van der Waals surface area contributed by atoms with Gasteiger partial charge in [-0.05, 0) is 60.4 Å². The zero-order chi connectivity index (χ0) is 32.3. The monoisotopic (exact) mass is 626 g/mol. The molecule has 4 nitrogen and oxygen atoms in total. The maximum Gasteiger partial charge on any atom is 0.343 e. The summed E-state index contributed by atoms with van der Waals surface area (Å²) in [5.41, 5.74) is 1.44. The Hall–Kier alpha value is -3.48. The van der Waals surface area contributed by atoms with Crippen molar-refractivity contribution in [2.24, 2.45) is 0 Å². The van der Waals surface area contributed by atoms with Gasteiger partial charge < -0.3 is 14.2 Å². The largest absolute Gasteiger partial charge is 0.491 e. The second kappa shape index (κ2) is 20.5. The molecular formula is C38H49F3O4. The topological polar surface area (TPSA) is 44.8 Å². The normalized spacial score (nSPS) is 11.0. The molecule has 3 aromatic rings. The van der Waals surface area contributed by atoms with Crippen molar-refractivity contribution >= 4 is 5.97 Å². The number of halogens is 3. The fraction of sp³-hybridized carbons (Fsp3) is 0.500. The number of carbonyl (C=O) groups is 1. The van der Waals surface area contributed by atoms with Crippen molar-refractivity contribution < 1.29 is 32.2 Å². The molecule has 0 aliphatic heterocycles. The van der Waals surface area contributed by atoms with E-state index in [0.29, 0.717) is 17.7 Å². The maximum absolute atomic E-state index is 14.7. The fourth-order valence-corrected chi connectivity index (χ4v) is 5.12. The highest BCUT2D eigenvalue weighted by Crippen LogP contribution is 2.30. The fourth-order valence-electron chi connectivity index (χ4n) is 5.12. The van der Waals surface area contributed by atoms with Gasteiger partial charge in [0.1, 0.15) is 0 Å². The Morgan fingerprint density at radius 3 is 1.53 bits per heavy atom. The number of unbranched alkanes of at least 4 members (excludes halogenated alkanes) is 13. The summed E-state index contributed by atoms with van der Waals surface area (Å²) in [7, 11) is 0. The average molecular weight is 627 g/mol. The number of ether oxygens (including phenoxy) is 3. The summed E-state index contributed by atoms with van der Waals surface area (Å²) in [6, 6.07) is 13.5. The zero-order valence-electron chi connectivity index (χ0n) is 27.0. The molecule has 0 heterocycles. The SMILES string of the molecule is CCCCCCCCCCOc1ccc(OC(=O)c2ccc(-c3ccc(OCCCCCCCCC)c(F)c3)cc2)c(F)c1F. The highest BCUT2D eigenvalue weighted by Gasteiger charge is 2.19. The minimum absolute atomic E-state index is 0.142. The second-order valence-corrected chi connectivity index (χ2v) is 11.6. The van der Waals surface area contributed by atoms with E-state index in [0.717, 1.165) is 32.1 Å². The van der Waals surface area contributed by atoms with E-state index in [9.17, 15) is 18.0 Å². The minimum atomic E-state index is -1.28. The van der Waals surface area contributed by atoms with Crippen LogP contribution in [0.2, 0.25) is 0 Å². The first kappa shape index (κ1) is 36.0. The molecule has 0 spiro atoms. The Bertz CT molecular complexity index is 1290. The summed E-state index contributed by atoms with van der Waals surface area (Å²) in [6.07, 6.45) is 17.1. The smallest absolute Gasteiger partial charge is 0.343 e. The molecule has 0 unspecified atom stereocenters. The molecule has 3 rings (SSSR count). The summed E-state index contributed by atoms with van der Waals surface area (Å²) in [5.74, 6) is -4.28. The number of hydrogen-bond acceptors (Lipinski definition) is 4. The van der Waals surface area contributed by atoms with Crippen LogP contribution in [0.4, 0.5) is 13.2 Å². The molecule has 0 saturated carbocycles. The van der Waals surface area contributed by atoms with E-state index in [1.54, 1.807) is 24.3 Å². The van der Waals surface area contributed by atoms with Crippen molar-refractivity contribution in [1.29, 1.82) is 0 Å². The highest BCUT2D eigenvalue weighted by atomic mass is 19.2. The molecule has 0 aliphatic carbocycles. The predicted molar refractivity (Wildman–Crippen MR) is 175 cm³/mol. The van der Waals surface area contributed by atoms with Gasteiger partial charge in [0.2, 0.25) is 11.6 Å². The van der Waals surface area contributed by atoms with E-state index in [1.807, 2.05) is 0 Å². The van der Waals surface area contributed by atoms with Gasteiger partial charge in [0, 0.05) is 0 Å². The van der Waals surface area contributed by atoms with Crippen LogP contribution in [0, 0.1) is 17.5 Å². The van der Waals surface area contributed by atoms with Crippen LogP contribution in [0.15, 0.2) is 54.6 Å². The lowest BCUT2D eigenvalue weighted by atomic mass is 10.0. The average Bonchev–Trinajstić information content (AvgIpc) is 3.05. The maximum atomic E-state index is 14.7. The third kappa shape index (κ3) is 12.4. The van der Waals surface area contributed by atoms with E-state index in [4.69, 9.17) is 14.2 Å². The van der Waals surface area contributed by atoms with Gasteiger partial charge in [-0.15, -0.1) is 0 Å². The molecule has 3 aromatic carbocycles. The lowest BCUT2D eigenvalue weighted by molar-refractivity contribution is 0.0726. The quantitative estimate of drug-likeness (QED) is 0.0632. The van der Waals surface area contributed by atoms with E-state index >= 15 is 0 Å². The van der Waals surface area contributed by atoms with Gasteiger partial charge in [0.15, 0.2) is 23.1 Å². The molecule has 0 bridgehead atoms. The van der Waals surface area contributed by atoms with Crippen LogP contribution in [0.1, 0.15) is 121 Å². The zero-order valence-corrected chi connectivity index (χ0v) is 27.0. The van der Waals surface area contributed by atoms with E-state index in [-0.39, 0.29) is 23.7 Å². The van der Waals surface area contributed by atoms with Gasteiger partial charge in [-0.2, -0.15) is 8.78 Å². The van der Waals surface area contributed by atoms with Gasteiger partial charge in [0.05, 0.1) is 18.8 Å². The summed E-state index contributed by atoms with van der Waals surface area (Å²) in [5, 5.41) is 0. The van der Waals surface area contributed by atoms with Crippen LogP contribution in [0.3, 0.4) is 0 Å². The molecule has 0 aliphatic rings. The first-order valence-electron chi connectivity index (χ1n) is 16.8. The minimum Gasteiger partial charge on any atom is -0.491 e. The first-order chi connectivity index (χ1) is 21.9. The number of rotatable bonds is 22. The Kier molecular flexibility index (Phi) is 16.4. The summed E-state index contributed by atoms with van der Waals surface area (Å²) in [4.78, 5) is 12.7. The second-order valence-electron chi connectivity index (χ2n) is 11.6. The van der Waals surface area contributed by atoms with Gasteiger partial charge in [-0.3, -0.25) is 0 Å². The van der Waals surface area contributed by atoms with E-state index in [2.05, 4.69) is 13.8 Å².